The lowest BCUT2D eigenvalue weighted by molar-refractivity contribution is -0.135. The molecule has 21 heavy (non-hydrogen) atoms. The first-order chi connectivity index (χ1) is 10.0. The molecule has 1 atom stereocenters. The predicted molar refractivity (Wildman–Crippen MR) is 71.5 cm³/mol. The molecule has 1 aliphatic rings. The number of amides is 2. The third-order valence-electron chi connectivity index (χ3n) is 3.59. The summed E-state index contributed by atoms with van der Waals surface area (Å²) in [6, 6.07) is 3.62. The van der Waals surface area contributed by atoms with E-state index in [1.165, 1.54) is 18.2 Å². The average Bonchev–Trinajstić information content (AvgIpc) is 2.71. The molecule has 1 fully saturated rings. The van der Waals surface area contributed by atoms with Crippen molar-refractivity contribution in [2.75, 3.05) is 0 Å². The number of carbonyl (C=O) groups is 2. The first-order valence-electron chi connectivity index (χ1n) is 6.30. The zero-order valence-corrected chi connectivity index (χ0v) is 10.8. The molecule has 0 radical (unpaired) electrons. The maximum atomic E-state index is 11.9. The largest absolute Gasteiger partial charge is 0.494 e. The van der Waals surface area contributed by atoms with Gasteiger partial charge in [-0.2, -0.15) is 5.11 Å². The summed E-state index contributed by atoms with van der Waals surface area (Å²) in [6.45, 7) is 0. The third kappa shape index (κ3) is 1.92. The molecule has 108 valence electrons. The van der Waals surface area contributed by atoms with E-state index >= 15 is 0 Å². The fraction of sp³-hybridized carbons (Fsp3) is 0.231. The van der Waals surface area contributed by atoms with Crippen molar-refractivity contribution < 1.29 is 19.8 Å². The normalized spacial score (nSPS) is 18.8. The maximum Gasteiger partial charge on any atom is 0.249 e. The highest BCUT2D eigenvalue weighted by molar-refractivity contribution is 6.01. The van der Waals surface area contributed by atoms with Crippen LogP contribution >= 0.6 is 0 Å². The van der Waals surface area contributed by atoms with Crippen LogP contribution in [0.3, 0.4) is 0 Å². The third-order valence-corrected chi connectivity index (χ3v) is 3.59. The van der Waals surface area contributed by atoms with Gasteiger partial charge >= 0.3 is 0 Å². The summed E-state index contributed by atoms with van der Waals surface area (Å²) < 4.78 is 1.10. The molecule has 2 heterocycles. The van der Waals surface area contributed by atoms with Gasteiger partial charge in [-0.1, -0.05) is 0 Å². The fourth-order valence-electron chi connectivity index (χ4n) is 2.57. The number of hydrogen-bond donors (Lipinski definition) is 4. The van der Waals surface area contributed by atoms with Crippen LogP contribution in [0, 0.1) is 5.53 Å². The molecule has 0 aliphatic carbocycles. The Bertz CT molecular complexity index is 780. The van der Waals surface area contributed by atoms with Crippen LogP contribution in [0.4, 0.5) is 5.69 Å². The quantitative estimate of drug-likeness (QED) is 0.495. The Labute approximate surface area is 118 Å². The van der Waals surface area contributed by atoms with E-state index in [1.54, 1.807) is 0 Å². The Morgan fingerprint density at radius 3 is 2.62 bits per heavy atom. The number of fused-ring (bicyclic) bond motifs is 1. The van der Waals surface area contributed by atoms with Crippen LogP contribution in [0.1, 0.15) is 18.9 Å². The molecule has 0 bridgehead atoms. The van der Waals surface area contributed by atoms with E-state index in [9.17, 15) is 19.8 Å². The number of aromatic hydroxyl groups is 2. The minimum absolute atomic E-state index is 0.136. The van der Waals surface area contributed by atoms with Crippen LogP contribution in [0.2, 0.25) is 0 Å². The average molecular weight is 288 g/mol. The molecule has 8 nitrogen and oxygen atoms in total. The maximum absolute atomic E-state index is 11.9. The Balaban J connectivity index is 2.16. The van der Waals surface area contributed by atoms with Crippen molar-refractivity contribution in [1.82, 2.24) is 9.88 Å². The summed E-state index contributed by atoms with van der Waals surface area (Å²) in [7, 11) is 0. The lowest BCUT2D eigenvalue weighted by atomic mass is 10.1. The van der Waals surface area contributed by atoms with Gasteiger partial charge in [-0.05, 0) is 24.6 Å². The molecule has 0 spiro atoms. The van der Waals surface area contributed by atoms with Gasteiger partial charge in [-0.15, -0.1) is 0 Å². The first kappa shape index (κ1) is 13.1. The van der Waals surface area contributed by atoms with Gasteiger partial charge in [-0.3, -0.25) is 19.5 Å². The highest BCUT2D eigenvalue weighted by Crippen LogP contribution is 2.41. The van der Waals surface area contributed by atoms with Crippen LogP contribution in [-0.2, 0) is 9.59 Å². The molecule has 1 saturated heterocycles. The second-order valence-electron chi connectivity index (χ2n) is 4.83. The molecule has 0 saturated carbocycles. The minimum atomic E-state index is -0.855. The molecule has 2 aromatic rings. The molecule has 1 aliphatic heterocycles. The SMILES string of the molecule is N=Nc1ccc2c(O)n(C3CCC(=O)NC3=O)c(O)c2c1. The molecular weight excluding hydrogens is 276 g/mol. The monoisotopic (exact) mass is 288 g/mol. The number of nitrogens with one attached hydrogen (secondary N) is 2. The Morgan fingerprint density at radius 1 is 1.24 bits per heavy atom. The van der Waals surface area contributed by atoms with Crippen LogP contribution in [0.25, 0.3) is 10.8 Å². The van der Waals surface area contributed by atoms with Crippen LogP contribution in [0.15, 0.2) is 23.3 Å². The number of piperidine rings is 1. The van der Waals surface area contributed by atoms with Gasteiger partial charge in [0.25, 0.3) is 0 Å². The number of carbonyl (C=O) groups excluding carboxylic acids is 2. The van der Waals surface area contributed by atoms with Crippen molar-refractivity contribution in [2.45, 2.75) is 18.9 Å². The van der Waals surface area contributed by atoms with E-state index in [2.05, 4.69) is 10.4 Å². The van der Waals surface area contributed by atoms with Gasteiger partial charge < -0.3 is 10.2 Å². The Hall–Kier alpha value is -2.90. The fourth-order valence-corrected chi connectivity index (χ4v) is 2.57. The summed E-state index contributed by atoms with van der Waals surface area (Å²) in [5.74, 6) is -1.49. The second-order valence-corrected chi connectivity index (χ2v) is 4.83. The topological polar surface area (TPSA) is 128 Å². The van der Waals surface area contributed by atoms with E-state index < -0.39 is 11.9 Å². The lowest BCUT2D eigenvalue weighted by Crippen LogP contribution is -2.41. The first-order valence-corrected chi connectivity index (χ1v) is 6.30. The van der Waals surface area contributed by atoms with Gasteiger partial charge in [0.05, 0.1) is 5.69 Å². The van der Waals surface area contributed by atoms with Gasteiger partial charge in [0.1, 0.15) is 6.04 Å². The number of aromatic nitrogens is 1. The number of imide groups is 1. The van der Waals surface area contributed by atoms with Gasteiger partial charge in [0.15, 0.2) is 0 Å². The number of nitrogens with zero attached hydrogens (tertiary/aromatic N) is 2. The molecule has 1 aromatic carbocycles. The highest BCUT2D eigenvalue weighted by Gasteiger charge is 2.32. The number of benzene rings is 1. The Kier molecular flexibility index (Phi) is 2.86. The molecule has 1 aromatic heterocycles. The molecule has 3 rings (SSSR count). The van der Waals surface area contributed by atoms with Crippen molar-refractivity contribution in [3.63, 3.8) is 0 Å². The molecule has 2 amide bonds. The van der Waals surface area contributed by atoms with Gasteiger partial charge in [0.2, 0.25) is 23.6 Å². The van der Waals surface area contributed by atoms with Crippen molar-refractivity contribution in [3.8, 4) is 11.8 Å². The number of rotatable bonds is 2. The Morgan fingerprint density at radius 2 is 1.95 bits per heavy atom. The van der Waals surface area contributed by atoms with Crippen LogP contribution < -0.4 is 5.32 Å². The molecule has 1 unspecified atom stereocenters. The minimum Gasteiger partial charge on any atom is -0.494 e. The summed E-state index contributed by atoms with van der Waals surface area (Å²) >= 11 is 0. The van der Waals surface area contributed by atoms with Crippen molar-refractivity contribution in [1.29, 1.82) is 5.53 Å². The van der Waals surface area contributed by atoms with E-state index in [0.717, 1.165) is 4.57 Å². The van der Waals surface area contributed by atoms with Gasteiger partial charge in [-0.25, -0.2) is 5.53 Å². The number of hydrogen-bond acceptors (Lipinski definition) is 6. The van der Waals surface area contributed by atoms with E-state index in [-0.39, 0.29) is 30.5 Å². The van der Waals surface area contributed by atoms with E-state index in [4.69, 9.17) is 5.53 Å². The summed E-state index contributed by atoms with van der Waals surface area (Å²) in [5, 5.41) is 26.6. The summed E-state index contributed by atoms with van der Waals surface area (Å²) in [6.07, 6.45) is 0.333. The standard InChI is InChI=1S/C13H12N4O4/c14-16-6-1-2-7-8(5-6)13(21)17(12(7)20)9-3-4-10(18)15-11(9)19/h1-2,5,9,14,20-21H,3-4H2,(H,15,18,19). The van der Waals surface area contributed by atoms with Crippen molar-refractivity contribution >= 4 is 28.3 Å². The van der Waals surface area contributed by atoms with Gasteiger partial charge in [0, 0.05) is 17.2 Å². The highest BCUT2D eigenvalue weighted by atomic mass is 16.3. The van der Waals surface area contributed by atoms with Crippen molar-refractivity contribution in [3.05, 3.63) is 18.2 Å². The molecule has 8 heteroatoms. The zero-order chi connectivity index (χ0) is 15.1. The second kappa shape index (κ2) is 4.58. The zero-order valence-electron chi connectivity index (χ0n) is 10.8. The summed E-state index contributed by atoms with van der Waals surface area (Å²) in [4.78, 5) is 23.1. The summed E-state index contributed by atoms with van der Waals surface area (Å²) in [5.41, 5.74) is 7.29. The van der Waals surface area contributed by atoms with Crippen LogP contribution in [0.5, 0.6) is 11.8 Å². The van der Waals surface area contributed by atoms with Crippen LogP contribution in [-0.4, -0.2) is 26.6 Å². The molecule has 4 N–H and O–H groups in total. The van der Waals surface area contributed by atoms with E-state index in [0.29, 0.717) is 16.5 Å². The predicted octanol–water partition coefficient (Wildman–Crippen LogP) is 1.69. The smallest absolute Gasteiger partial charge is 0.249 e. The molecular formula is C13H12N4O4. The van der Waals surface area contributed by atoms with E-state index in [1.807, 2.05) is 0 Å². The van der Waals surface area contributed by atoms with Crippen molar-refractivity contribution in [2.24, 2.45) is 5.11 Å². The lowest BCUT2D eigenvalue weighted by Gasteiger charge is -2.23.